The molecule has 0 saturated heterocycles. The fraction of sp³-hybridized carbons (Fsp3) is 0.190. The van der Waals surface area contributed by atoms with Gasteiger partial charge in [-0.1, -0.05) is 35.9 Å². The Bertz CT molecular complexity index is 1020. The molecule has 0 unspecified atom stereocenters. The lowest BCUT2D eigenvalue weighted by molar-refractivity contribution is -0.123. The average Bonchev–Trinajstić information content (AvgIpc) is 2.68. The number of hydrogen-bond donors (Lipinski definition) is 1. The van der Waals surface area contributed by atoms with Gasteiger partial charge in [0.05, 0.1) is 12.2 Å². The van der Waals surface area contributed by atoms with Gasteiger partial charge in [0.2, 0.25) is 0 Å². The number of nitrogens with one attached hydrogen (secondary N) is 1. The summed E-state index contributed by atoms with van der Waals surface area (Å²) in [6, 6.07) is 16.5. The minimum Gasteiger partial charge on any atom is -0.484 e. The van der Waals surface area contributed by atoms with Crippen LogP contribution in [0.25, 0.3) is 11.3 Å². The number of ether oxygens (including phenoxy) is 1. The van der Waals surface area contributed by atoms with Gasteiger partial charge in [0.25, 0.3) is 11.5 Å². The number of nitrogens with zero attached hydrogens (tertiary/aromatic N) is 2. The number of amides is 1. The summed E-state index contributed by atoms with van der Waals surface area (Å²) in [7, 11) is 0. The molecule has 0 aliphatic heterocycles. The SMILES string of the molecule is Cc1ccc(-c2ccc(=O)n(CCNC(=O)COc3cccc(F)c3)n2)cc1. The second-order valence-electron chi connectivity index (χ2n) is 6.24. The van der Waals surface area contributed by atoms with Crippen LogP contribution in [0.15, 0.2) is 65.5 Å². The standard InChI is InChI=1S/C21H20FN3O3/c1-15-5-7-16(8-6-15)19-9-10-21(27)25(24-19)12-11-23-20(26)14-28-18-4-2-3-17(22)13-18/h2-10,13H,11-12,14H2,1H3,(H,23,26). The van der Waals surface area contributed by atoms with Crippen LogP contribution in [0, 0.1) is 12.7 Å². The number of carbonyl (C=O) groups excluding carboxylic acids is 1. The van der Waals surface area contributed by atoms with Crippen LogP contribution in [-0.2, 0) is 11.3 Å². The van der Waals surface area contributed by atoms with Gasteiger partial charge in [-0.3, -0.25) is 9.59 Å². The molecule has 0 bridgehead atoms. The molecule has 0 atom stereocenters. The summed E-state index contributed by atoms with van der Waals surface area (Å²) in [4.78, 5) is 23.9. The molecule has 1 heterocycles. The zero-order valence-electron chi connectivity index (χ0n) is 15.4. The molecule has 0 saturated carbocycles. The molecule has 0 spiro atoms. The van der Waals surface area contributed by atoms with Crippen molar-refractivity contribution >= 4 is 5.91 Å². The van der Waals surface area contributed by atoms with E-state index >= 15 is 0 Å². The van der Waals surface area contributed by atoms with Gasteiger partial charge in [0, 0.05) is 24.2 Å². The van der Waals surface area contributed by atoms with Crippen molar-refractivity contribution in [3.05, 3.63) is 82.4 Å². The Morgan fingerprint density at radius 2 is 1.93 bits per heavy atom. The molecule has 6 nitrogen and oxygen atoms in total. The highest BCUT2D eigenvalue weighted by Gasteiger charge is 2.06. The van der Waals surface area contributed by atoms with Gasteiger partial charge in [0.15, 0.2) is 6.61 Å². The van der Waals surface area contributed by atoms with Crippen LogP contribution in [0.2, 0.25) is 0 Å². The first-order chi connectivity index (χ1) is 13.5. The maximum atomic E-state index is 13.1. The summed E-state index contributed by atoms with van der Waals surface area (Å²) in [6.45, 7) is 2.20. The van der Waals surface area contributed by atoms with Crippen molar-refractivity contribution in [1.82, 2.24) is 15.1 Å². The fourth-order valence-corrected chi connectivity index (χ4v) is 2.55. The van der Waals surface area contributed by atoms with E-state index < -0.39 is 5.82 Å². The number of benzene rings is 2. The molecule has 0 radical (unpaired) electrons. The monoisotopic (exact) mass is 381 g/mol. The number of halogens is 1. The molecule has 1 amide bonds. The third kappa shape index (κ3) is 5.26. The summed E-state index contributed by atoms with van der Waals surface area (Å²) in [5, 5.41) is 7.00. The molecule has 3 aromatic rings. The van der Waals surface area contributed by atoms with Crippen molar-refractivity contribution in [2.24, 2.45) is 0 Å². The topological polar surface area (TPSA) is 73.2 Å². The maximum Gasteiger partial charge on any atom is 0.266 e. The first-order valence-electron chi connectivity index (χ1n) is 8.81. The Hall–Kier alpha value is -3.48. The summed E-state index contributed by atoms with van der Waals surface area (Å²) < 4.78 is 19.6. The fourth-order valence-electron chi connectivity index (χ4n) is 2.55. The quantitative estimate of drug-likeness (QED) is 0.683. The van der Waals surface area contributed by atoms with E-state index in [-0.39, 0.29) is 36.9 Å². The van der Waals surface area contributed by atoms with E-state index in [1.165, 1.54) is 28.9 Å². The van der Waals surface area contributed by atoms with E-state index in [9.17, 15) is 14.0 Å². The second-order valence-corrected chi connectivity index (χ2v) is 6.24. The molecule has 1 N–H and O–H groups in total. The Kier molecular flexibility index (Phi) is 6.16. The lowest BCUT2D eigenvalue weighted by Crippen LogP contribution is -2.34. The normalized spacial score (nSPS) is 10.5. The molecule has 28 heavy (non-hydrogen) atoms. The zero-order chi connectivity index (χ0) is 19.9. The molecule has 2 aromatic carbocycles. The minimum atomic E-state index is -0.434. The van der Waals surface area contributed by atoms with Crippen LogP contribution in [0.4, 0.5) is 4.39 Å². The van der Waals surface area contributed by atoms with Gasteiger partial charge >= 0.3 is 0 Å². The van der Waals surface area contributed by atoms with Crippen molar-refractivity contribution in [3.8, 4) is 17.0 Å². The molecule has 3 rings (SSSR count). The predicted octanol–water partition coefficient (Wildman–Crippen LogP) is 2.55. The number of carbonyl (C=O) groups is 1. The van der Waals surface area contributed by atoms with E-state index in [1.807, 2.05) is 31.2 Å². The van der Waals surface area contributed by atoms with Gasteiger partial charge in [0.1, 0.15) is 11.6 Å². The maximum absolute atomic E-state index is 13.1. The zero-order valence-corrected chi connectivity index (χ0v) is 15.4. The Balaban J connectivity index is 1.54. The molecule has 0 fully saturated rings. The molecule has 1 aromatic heterocycles. The minimum absolute atomic E-state index is 0.218. The van der Waals surface area contributed by atoms with Gasteiger partial charge < -0.3 is 10.1 Å². The summed E-state index contributed by atoms with van der Waals surface area (Å²) in [5.74, 6) is -0.525. The number of aryl methyl sites for hydroxylation is 1. The van der Waals surface area contributed by atoms with Crippen LogP contribution in [0.1, 0.15) is 5.56 Å². The third-order valence-corrected chi connectivity index (χ3v) is 4.03. The van der Waals surface area contributed by atoms with Gasteiger partial charge in [-0.05, 0) is 25.1 Å². The van der Waals surface area contributed by atoms with Crippen LogP contribution in [0.3, 0.4) is 0 Å². The van der Waals surface area contributed by atoms with Gasteiger partial charge in [-0.25, -0.2) is 9.07 Å². The van der Waals surface area contributed by atoms with Crippen molar-refractivity contribution in [2.75, 3.05) is 13.2 Å². The van der Waals surface area contributed by atoms with Crippen molar-refractivity contribution in [1.29, 1.82) is 0 Å². The van der Waals surface area contributed by atoms with Crippen molar-refractivity contribution in [2.45, 2.75) is 13.5 Å². The molecule has 144 valence electrons. The highest BCUT2D eigenvalue weighted by Crippen LogP contribution is 2.15. The number of aromatic nitrogens is 2. The smallest absolute Gasteiger partial charge is 0.266 e. The van der Waals surface area contributed by atoms with Gasteiger partial charge in [-0.15, -0.1) is 0 Å². The van der Waals surface area contributed by atoms with E-state index in [0.717, 1.165) is 11.1 Å². The van der Waals surface area contributed by atoms with Crippen LogP contribution in [0.5, 0.6) is 5.75 Å². The second kappa shape index (κ2) is 8.94. The highest BCUT2D eigenvalue weighted by atomic mass is 19.1. The van der Waals surface area contributed by atoms with Gasteiger partial charge in [-0.2, -0.15) is 5.10 Å². The van der Waals surface area contributed by atoms with E-state index in [4.69, 9.17) is 4.74 Å². The van der Waals surface area contributed by atoms with Crippen molar-refractivity contribution < 1.29 is 13.9 Å². The molecular weight excluding hydrogens is 361 g/mol. The summed E-state index contributed by atoms with van der Waals surface area (Å²) in [5.41, 5.74) is 2.48. The van der Waals surface area contributed by atoms with E-state index in [2.05, 4.69) is 10.4 Å². The number of rotatable bonds is 7. The number of hydrogen-bond acceptors (Lipinski definition) is 4. The molecular formula is C21H20FN3O3. The van der Waals surface area contributed by atoms with E-state index in [0.29, 0.717) is 5.69 Å². The largest absolute Gasteiger partial charge is 0.484 e. The third-order valence-electron chi connectivity index (χ3n) is 4.03. The van der Waals surface area contributed by atoms with Crippen LogP contribution < -0.4 is 15.6 Å². The Morgan fingerprint density at radius 3 is 2.68 bits per heavy atom. The van der Waals surface area contributed by atoms with Crippen molar-refractivity contribution in [3.63, 3.8) is 0 Å². The lowest BCUT2D eigenvalue weighted by Gasteiger charge is -2.09. The Labute approximate surface area is 161 Å². The predicted molar refractivity (Wildman–Crippen MR) is 104 cm³/mol. The molecule has 0 aliphatic carbocycles. The molecule has 7 heteroatoms. The first kappa shape index (κ1) is 19.3. The summed E-state index contributed by atoms with van der Waals surface area (Å²) >= 11 is 0. The molecule has 0 aliphatic rings. The van der Waals surface area contributed by atoms with Crippen LogP contribution in [-0.4, -0.2) is 28.8 Å². The lowest BCUT2D eigenvalue weighted by atomic mass is 10.1. The highest BCUT2D eigenvalue weighted by molar-refractivity contribution is 5.77. The first-order valence-corrected chi connectivity index (χ1v) is 8.81. The average molecular weight is 381 g/mol. The van der Waals surface area contributed by atoms with E-state index in [1.54, 1.807) is 12.1 Å². The Morgan fingerprint density at radius 1 is 1.14 bits per heavy atom. The van der Waals surface area contributed by atoms with Crippen LogP contribution >= 0.6 is 0 Å². The summed E-state index contributed by atoms with van der Waals surface area (Å²) in [6.07, 6.45) is 0.